The number of methoxy groups -OCH3 is 2. The first-order valence-electron chi connectivity index (χ1n) is 11.8. The van der Waals surface area contributed by atoms with Crippen LogP contribution in [0.3, 0.4) is 0 Å². The second kappa shape index (κ2) is 11.1. The molecule has 8 nitrogen and oxygen atoms in total. The van der Waals surface area contributed by atoms with Crippen molar-refractivity contribution >= 4 is 27.3 Å². The van der Waals surface area contributed by atoms with E-state index in [1.165, 1.54) is 37.4 Å². The van der Waals surface area contributed by atoms with Gasteiger partial charge in [-0.05, 0) is 73.2 Å². The number of carbonyl (C=O) groups is 1. The van der Waals surface area contributed by atoms with Crippen molar-refractivity contribution in [2.45, 2.75) is 11.8 Å². The van der Waals surface area contributed by atoms with Crippen molar-refractivity contribution in [3.63, 3.8) is 0 Å². The fraction of sp³-hybridized carbons (Fsp3) is 0.296. The topological polar surface area (TPSA) is 79.4 Å². The van der Waals surface area contributed by atoms with E-state index in [2.05, 4.69) is 4.90 Å². The summed E-state index contributed by atoms with van der Waals surface area (Å²) in [5.74, 6) is 0.0901. The van der Waals surface area contributed by atoms with Crippen LogP contribution in [0.2, 0.25) is 0 Å². The van der Waals surface area contributed by atoms with Gasteiger partial charge in [0.2, 0.25) is 5.91 Å². The molecule has 1 heterocycles. The molecule has 0 saturated carbocycles. The van der Waals surface area contributed by atoms with Crippen molar-refractivity contribution in [3.05, 3.63) is 78.1 Å². The first kappa shape index (κ1) is 26.3. The number of ether oxygens (including phenoxy) is 2. The molecule has 0 aliphatic carbocycles. The van der Waals surface area contributed by atoms with Crippen molar-refractivity contribution in [1.29, 1.82) is 0 Å². The highest BCUT2D eigenvalue weighted by atomic mass is 32.2. The minimum Gasteiger partial charge on any atom is -0.497 e. The van der Waals surface area contributed by atoms with Crippen LogP contribution in [-0.2, 0) is 14.8 Å². The van der Waals surface area contributed by atoms with E-state index in [1.54, 1.807) is 31.1 Å². The lowest BCUT2D eigenvalue weighted by molar-refractivity contribution is -0.129. The molecular formula is C27H30FN3O5S. The van der Waals surface area contributed by atoms with Gasteiger partial charge in [0, 0.05) is 31.9 Å². The lowest BCUT2D eigenvalue weighted by Crippen LogP contribution is -2.52. The summed E-state index contributed by atoms with van der Waals surface area (Å²) < 4.78 is 52.8. The Balaban J connectivity index is 1.56. The predicted octanol–water partition coefficient (Wildman–Crippen LogP) is 3.70. The van der Waals surface area contributed by atoms with E-state index in [1.807, 2.05) is 24.3 Å². The second-order valence-electron chi connectivity index (χ2n) is 8.71. The molecule has 37 heavy (non-hydrogen) atoms. The molecule has 0 bridgehead atoms. The molecular weight excluding hydrogens is 497 g/mol. The molecule has 3 aromatic carbocycles. The van der Waals surface area contributed by atoms with Gasteiger partial charge in [-0.1, -0.05) is 6.07 Å². The summed E-state index contributed by atoms with van der Waals surface area (Å²) in [4.78, 5) is 17.1. The molecule has 0 N–H and O–H groups in total. The number of rotatable bonds is 8. The standard InChI is InChI=1S/C27H30FN3O5S/c1-20-4-13-25(36-3)26(18-20)37(33,34)31(23-7-5-21(28)6-8-23)19-27(32)30-16-14-29(15-17-30)22-9-11-24(35-2)12-10-22/h4-13,18H,14-17,19H2,1-3H3. The average Bonchev–Trinajstić information content (AvgIpc) is 2.92. The minimum absolute atomic E-state index is 0.0588. The quantitative estimate of drug-likeness (QED) is 0.445. The number of aryl methyl sites for hydroxylation is 1. The third-order valence-electron chi connectivity index (χ3n) is 6.35. The summed E-state index contributed by atoms with van der Waals surface area (Å²) >= 11 is 0. The molecule has 0 radical (unpaired) electrons. The first-order chi connectivity index (χ1) is 17.7. The van der Waals surface area contributed by atoms with Crippen LogP contribution in [0.25, 0.3) is 0 Å². The second-order valence-corrected chi connectivity index (χ2v) is 10.5. The molecule has 10 heteroatoms. The zero-order valence-electron chi connectivity index (χ0n) is 21.1. The van der Waals surface area contributed by atoms with Crippen LogP contribution >= 0.6 is 0 Å². The molecule has 1 fully saturated rings. The summed E-state index contributed by atoms with van der Waals surface area (Å²) in [6.07, 6.45) is 0. The van der Waals surface area contributed by atoms with Gasteiger partial charge in [0.25, 0.3) is 10.0 Å². The maximum absolute atomic E-state index is 13.8. The number of carbonyl (C=O) groups excluding carboxylic acids is 1. The maximum Gasteiger partial charge on any atom is 0.268 e. The molecule has 0 unspecified atom stereocenters. The van der Waals surface area contributed by atoms with E-state index in [0.717, 1.165) is 21.3 Å². The van der Waals surface area contributed by atoms with Gasteiger partial charge in [0.05, 0.1) is 19.9 Å². The number of hydrogen-bond donors (Lipinski definition) is 0. The number of sulfonamides is 1. The van der Waals surface area contributed by atoms with Crippen molar-refractivity contribution < 1.29 is 27.1 Å². The van der Waals surface area contributed by atoms with E-state index in [4.69, 9.17) is 9.47 Å². The van der Waals surface area contributed by atoms with E-state index < -0.39 is 22.4 Å². The van der Waals surface area contributed by atoms with Crippen molar-refractivity contribution in [3.8, 4) is 11.5 Å². The molecule has 1 aliphatic heterocycles. The average molecular weight is 528 g/mol. The van der Waals surface area contributed by atoms with Gasteiger partial charge in [-0.3, -0.25) is 9.10 Å². The SMILES string of the molecule is COc1ccc(N2CCN(C(=O)CN(c3ccc(F)cc3)S(=O)(=O)c3cc(C)ccc3OC)CC2)cc1. The van der Waals surface area contributed by atoms with Crippen LogP contribution < -0.4 is 18.7 Å². The van der Waals surface area contributed by atoms with Crippen LogP contribution in [0, 0.1) is 12.7 Å². The number of anilines is 2. The number of nitrogens with zero attached hydrogens (tertiary/aromatic N) is 3. The molecule has 0 atom stereocenters. The summed E-state index contributed by atoms with van der Waals surface area (Å²) in [6, 6.07) is 17.6. The fourth-order valence-corrected chi connectivity index (χ4v) is 5.91. The van der Waals surface area contributed by atoms with Gasteiger partial charge in [-0.15, -0.1) is 0 Å². The van der Waals surface area contributed by atoms with Gasteiger partial charge < -0.3 is 19.3 Å². The van der Waals surface area contributed by atoms with Gasteiger partial charge in [-0.2, -0.15) is 0 Å². The molecule has 196 valence electrons. The van der Waals surface area contributed by atoms with Crippen LogP contribution in [0.5, 0.6) is 11.5 Å². The summed E-state index contributed by atoms with van der Waals surface area (Å²) in [7, 11) is -1.21. The van der Waals surface area contributed by atoms with Crippen molar-refractivity contribution in [1.82, 2.24) is 4.90 Å². The molecule has 0 aromatic heterocycles. The number of amides is 1. The van der Waals surface area contributed by atoms with E-state index in [0.29, 0.717) is 26.2 Å². The zero-order valence-corrected chi connectivity index (χ0v) is 21.9. The van der Waals surface area contributed by atoms with Gasteiger partial charge in [0.15, 0.2) is 0 Å². The monoisotopic (exact) mass is 527 g/mol. The molecule has 0 spiro atoms. The predicted molar refractivity (Wildman–Crippen MR) is 140 cm³/mol. The summed E-state index contributed by atoms with van der Waals surface area (Å²) in [5.41, 5.74) is 1.93. The number of halogens is 1. The third kappa shape index (κ3) is 5.80. The smallest absolute Gasteiger partial charge is 0.268 e. The zero-order chi connectivity index (χ0) is 26.6. The van der Waals surface area contributed by atoms with Gasteiger partial charge in [-0.25, -0.2) is 12.8 Å². The lowest BCUT2D eigenvalue weighted by Gasteiger charge is -2.37. The highest BCUT2D eigenvalue weighted by molar-refractivity contribution is 7.93. The molecule has 1 amide bonds. The lowest BCUT2D eigenvalue weighted by atomic mass is 10.2. The van der Waals surface area contributed by atoms with Crippen LogP contribution in [0.15, 0.2) is 71.6 Å². The highest BCUT2D eigenvalue weighted by Gasteiger charge is 2.32. The Labute approximate surface area is 216 Å². The van der Waals surface area contributed by atoms with Crippen molar-refractivity contribution in [2.24, 2.45) is 0 Å². The molecule has 1 saturated heterocycles. The molecule has 3 aromatic rings. The molecule has 1 aliphatic rings. The van der Waals surface area contributed by atoms with Gasteiger partial charge in [0.1, 0.15) is 28.8 Å². The van der Waals surface area contributed by atoms with Crippen molar-refractivity contribution in [2.75, 3.05) is 56.1 Å². The summed E-state index contributed by atoms with van der Waals surface area (Å²) in [6.45, 7) is 3.44. The Bertz CT molecular complexity index is 1340. The van der Waals surface area contributed by atoms with E-state index >= 15 is 0 Å². The van der Waals surface area contributed by atoms with E-state index in [-0.39, 0.29) is 22.2 Å². The van der Waals surface area contributed by atoms with Crippen LogP contribution in [-0.4, -0.2) is 66.2 Å². The van der Waals surface area contributed by atoms with Crippen LogP contribution in [0.1, 0.15) is 5.56 Å². The maximum atomic E-state index is 13.8. The number of benzene rings is 3. The Kier molecular flexibility index (Phi) is 7.87. The number of hydrogen-bond acceptors (Lipinski definition) is 6. The third-order valence-corrected chi connectivity index (χ3v) is 8.15. The minimum atomic E-state index is -4.21. The Morgan fingerprint density at radius 3 is 2.16 bits per heavy atom. The Hall–Kier alpha value is -3.79. The van der Waals surface area contributed by atoms with Gasteiger partial charge >= 0.3 is 0 Å². The molecule has 4 rings (SSSR count). The normalized spacial score (nSPS) is 13.8. The largest absolute Gasteiger partial charge is 0.497 e. The van der Waals surface area contributed by atoms with Crippen LogP contribution in [0.4, 0.5) is 15.8 Å². The first-order valence-corrected chi connectivity index (χ1v) is 13.3. The number of piperazine rings is 1. The highest BCUT2D eigenvalue weighted by Crippen LogP contribution is 2.31. The summed E-state index contributed by atoms with van der Waals surface area (Å²) in [5, 5.41) is 0. The Morgan fingerprint density at radius 1 is 0.919 bits per heavy atom. The van der Waals surface area contributed by atoms with E-state index in [9.17, 15) is 17.6 Å². The Morgan fingerprint density at radius 2 is 1.57 bits per heavy atom. The fourth-order valence-electron chi connectivity index (χ4n) is 4.26.